The molecule has 0 atom stereocenters. The van der Waals surface area contributed by atoms with E-state index in [1.165, 1.54) is 12.1 Å². The number of hydrogen-bond acceptors (Lipinski definition) is 5. The fourth-order valence-electron chi connectivity index (χ4n) is 2.14. The summed E-state index contributed by atoms with van der Waals surface area (Å²) in [5, 5.41) is 16.1. The Bertz CT molecular complexity index is 801. The lowest BCUT2D eigenvalue weighted by molar-refractivity contribution is -0.120. The number of nitrogens with zero attached hydrogens (tertiary/aromatic N) is 1. The normalized spacial score (nSPS) is 10.9. The van der Waals surface area contributed by atoms with Gasteiger partial charge in [-0.15, -0.1) is 0 Å². The number of rotatable bonds is 7. The topological polar surface area (TPSA) is 100 Å². The molecule has 3 N–H and O–H groups in total. The van der Waals surface area contributed by atoms with E-state index < -0.39 is 5.91 Å². The monoisotopic (exact) mass is 355 g/mol. The minimum Gasteiger partial charge on any atom is -0.508 e. The molecule has 7 nitrogen and oxygen atoms in total. The highest BCUT2D eigenvalue weighted by Crippen LogP contribution is 2.11. The van der Waals surface area contributed by atoms with Crippen LogP contribution in [0, 0.1) is 0 Å². The largest absolute Gasteiger partial charge is 0.508 e. The van der Waals surface area contributed by atoms with Gasteiger partial charge in [-0.05, 0) is 42.8 Å². The maximum absolute atomic E-state index is 11.9. The van der Waals surface area contributed by atoms with E-state index in [1.54, 1.807) is 26.2 Å². The molecule has 0 aliphatic carbocycles. The summed E-state index contributed by atoms with van der Waals surface area (Å²) < 4.78 is 5.08. The van der Waals surface area contributed by atoms with Gasteiger partial charge in [0.05, 0.1) is 13.5 Å². The van der Waals surface area contributed by atoms with Crippen molar-refractivity contribution in [2.45, 2.75) is 19.9 Å². The number of phenolic OH excluding ortho intramolecular Hbond substituents is 1. The van der Waals surface area contributed by atoms with Gasteiger partial charge in [0.15, 0.2) is 0 Å². The minimum atomic E-state index is -0.459. The van der Waals surface area contributed by atoms with Crippen LogP contribution in [0.2, 0.25) is 0 Å². The Morgan fingerprint density at radius 3 is 2.54 bits per heavy atom. The zero-order valence-corrected chi connectivity index (χ0v) is 14.7. The van der Waals surface area contributed by atoms with Gasteiger partial charge >= 0.3 is 0 Å². The molecule has 0 saturated carbocycles. The van der Waals surface area contributed by atoms with Crippen molar-refractivity contribution in [1.29, 1.82) is 0 Å². The first-order valence-electron chi connectivity index (χ1n) is 8.00. The number of carbonyl (C=O) groups excluding carboxylic acids is 2. The van der Waals surface area contributed by atoms with Gasteiger partial charge in [0.25, 0.3) is 5.91 Å². The van der Waals surface area contributed by atoms with Gasteiger partial charge in [0.1, 0.15) is 11.5 Å². The molecule has 26 heavy (non-hydrogen) atoms. The van der Waals surface area contributed by atoms with Gasteiger partial charge in [-0.1, -0.05) is 18.2 Å². The molecule has 7 heteroatoms. The molecule has 2 amide bonds. The molecule has 136 valence electrons. The van der Waals surface area contributed by atoms with Gasteiger partial charge in [0, 0.05) is 17.8 Å². The van der Waals surface area contributed by atoms with Crippen molar-refractivity contribution in [3.05, 3.63) is 59.7 Å². The van der Waals surface area contributed by atoms with Crippen molar-refractivity contribution in [1.82, 2.24) is 10.7 Å². The highest BCUT2D eigenvalue weighted by molar-refractivity contribution is 6.01. The van der Waals surface area contributed by atoms with Crippen LogP contribution in [0.5, 0.6) is 11.5 Å². The number of carbonyl (C=O) groups is 2. The highest BCUT2D eigenvalue weighted by atomic mass is 16.5. The van der Waals surface area contributed by atoms with Gasteiger partial charge in [0.2, 0.25) is 5.91 Å². The number of aromatic hydroxyl groups is 1. The van der Waals surface area contributed by atoms with Crippen LogP contribution in [-0.2, 0) is 11.3 Å². The fraction of sp³-hybridized carbons (Fsp3) is 0.211. The van der Waals surface area contributed by atoms with Crippen LogP contribution < -0.4 is 15.5 Å². The predicted octanol–water partition coefficient (Wildman–Crippen LogP) is 2.21. The summed E-state index contributed by atoms with van der Waals surface area (Å²) in [6, 6.07) is 13.3. The van der Waals surface area contributed by atoms with Gasteiger partial charge in [-0.3, -0.25) is 9.59 Å². The van der Waals surface area contributed by atoms with Crippen molar-refractivity contribution >= 4 is 17.5 Å². The van der Waals surface area contributed by atoms with Crippen LogP contribution in [0.3, 0.4) is 0 Å². The van der Waals surface area contributed by atoms with Gasteiger partial charge < -0.3 is 15.2 Å². The highest BCUT2D eigenvalue weighted by Gasteiger charge is 2.07. The lowest BCUT2D eigenvalue weighted by Crippen LogP contribution is -2.26. The second-order valence-corrected chi connectivity index (χ2v) is 5.64. The zero-order valence-electron chi connectivity index (χ0n) is 14.7. The number of hydrogen-bond donors (Lipinski definition) is 3. The molecular formula is C19H21N3O4. The fourth-order valence-corrected chi connectivity index (χ4v) is 2.14. The van der Waals surface area contributed by atoms with E-state index in [0.29, 0.717) is 12.3 Å². The summed E-state index contributed by atoms with van der Waals surface area (Å²) in [5.41, 5.74) is 4.06. The molecule has 2 aromatic carbocycles. The van der Waals surface area contributed by atoms with E-state index in [-0.39, 0.29) is 23.6 Å². The Kier molecular flexibility index (Phi) is 6.73. The number of ether oxygens (including phenoxy) is 1. The molecule has 0 saturated heterocycles. The molecule has 0 bridgehead atoms. The van der Waals surface area contributed by atoms with Crippen LogP contribution in [0.4, 0.5) is 0 Å². The average molecular weight is 355 g/mol. The Labute approximate surface area is 151 Å². The van der Waals surface area contributed by atoms with Crippen LogP contribution in [0.25, 0.3) is 0 Å². The number of hydrazone groups is 1. The van der Waals surface area contributed by atoms with Crippen molar-refractivity contribution in [2.24, 2.45) is 5.10 Å². The van der Waals surface area contributed by atoms with Crippen molar-refractivity contribution in [3.63, 3.8) is 0 Å². The number of phenols is 1. The first-order valence-corrected chi connectivity index (χ1v) is 8.00. The van der Waals surface area contributed by atoms with Crippen molar-refractivity contribution in [2.75, 3.05) is 7.11 Å². The molecule has 2 rings (SSSR count). The number of amides is 2. The van der Waals surface area contributed by atoms with E-state index in [2.05, 4.69) is 15.8 Å². The molecule has 0 aliphatic rings. The second-order valence-electron chi connectivity index (χ2n) is 5.64. The summed E-state index contributed by atoms with van der Waals surface area (Å²) in [4.78, 5) is 23.9. The van der Waals surface area contributed by atoms with E-state index in [9.17, 15) is 14.7 Å². The van der Waals surface area contributed by atoms with Gasteiger partial charge in [-0.25, -0.2) is 5.43 Å². The third-order valence-electron chi connectivity index (χ3n) is 3.52. The third-order valence-corrected chi connectivity index (χ3v) is 3.52. The standard InChI is InChI=1S/C19H21N3O4/c1-13(21-22-19(25)15-4-3-5-16(23)11-15)10-18(24)20-12-14-6-8-17(26-2)9-7-14/h3-9,11,23H,10,12H2,1-2H3,(H,20,24)(H,22,25)/b21-13-. The zero-order chi connectivity index (χ0) is 18.9. The maximum atomic E-state index is 11.9. The Morgan fingerprint density at radius 1 is 1.15 bits per heavy atom. The first kappa shape index (κ1) is 19.0. The Morgan fingerprint density at radius 2 is 1.88 bits per heavy atom. The van der Waals surface area contributed by atoms with Gasteiger partial charge in [-0.2, -0.15) is 5.10 Å². The van der Waals surface area contributed by atoms with Crippen LogP contribution >= 0.6 is 0 Å². The molecular weight excluding hydrogens is 334 g/mol. The SMILES string of the molecule is COc1ccc(CNC(=O)C/C(C)=N\NC(=O)c2cccc(O)c2)cc1. The first-order chi connectivity index (χ1) is 12.5. The van der Waals surface area contributed by atoms with E-state index >= 15 is 0 Å². The molecule has 0 unspecified atom stereocenters. The van der Waals surface area contributed by atoms with Crippen LogP contribution in [0.1, 0.15) is 29.3 Å². The third kappa shape index (κ3) is 5.94. The van der Waals surface area contributed by atoms with E-state index in [0.717, 1.165) is 11.3 Å². The van der Waals surface area contributed by atoms with Crippen molar-refractivity contribution in [3.8, 4) is 11.5 Å². The Balaban J connectivity index is 1.80. The number of methoxy groups -OCH3 is 1. The molecule has 0 heterocycles. The molecule has 0 aliphatic heterocycles. The molecule has 0 radical (unpaired) electrons. The molecule has 0 spiro atoms. The lowest BCUT2D eigenvalue weighted by Gasteiger charge is -2.07. The summed E-state index contributed by atoms with van der Waals surface area (Å²) in [7, 11) is 1.60. The molecule has 2 aromatic rings. The summed E-state index contributed by atoms with van der Waals surface area (Å²) in [6.45, 7) is 2.04. The second kappa shape index (κ2) is 9.22. The lowest BCUT2D eigenvalue weighted by atomic mass is 10.2. The van der Waals surface area contributed by atoms with E-state index in [4.69, 9.17) is 4.74 Å². The van der Waals surface area contributed by atoms with Crippen molar-refractivity contribution < 1.29 is 19.4 Å². The Hall–Kier alpha value is -3.35. The number of nitrogens with one attached hydrogen (secondary N) is 2. The number of benzene rings is 2. The van der Waals surface area contributed by atoms with Crippen LogP contribution in [-0.4, -0.2) is 29.7 Å². The maximum Gasteiger partial charge on any atom is 0.271 e. The minimum absolute atomic E-state index is 0.00346. The summed E-state index contributed by atoms with van der Waals surface area (Å²) in [5.74, 6) is 0.0920. The molecule has 0 fully saturated rings. The summed E-state index contributed by atoms with van der Waals surface area (Å²) >= 11 is 0. The van der Waals surface area contributed by atoms with Crippen LogP contribution in [0.15, 0.2) is 53.6 Å². The average Bonchev–Trinajstić information content (AvgIpc) is 2.65. The quantitative estimate of drug-likeness (QED) is 0.524. The van der Waals surface area contributed by atoms with E-state index in [1.807, 2.05) is 24.3 Å². The summed E-state index contributed by atoms with van der Waals surface area (Å²) in [6.07, 6.45) is 0.0659. The molecule has 0 aromatic heterocycles. The predicted molar refractivity (Wildman–Crippen MR) is 98.1 cm³/mol. The smallest absolute Gasteiger partial charge is 0.271 e.